The molecule has 39 heavy (non-hydrogen) atoms. The van der Waals surface area contributed by atoms with Crippen molar-refractivity contribution in [1.82, 2.24) is 20.4 Å². The van der Waals surface area contributed by atoms with Gasteiger partial charge in [0.1, 0.15) is 6.04 Å². The molecule has 0 aliphatic carbocycles. The zero-order chi connectivity index (χ0) is 27.1. The van der Waals surface area contributed by atoms with Gasteiger partial charge in [0.25, 0.3) is 5.91 Å². The minimum atomic E-state index is -0.762. The topological polar surface area (TPSA) is 128 Å². The van der Waals surface area contributed by atoms with Crippen molar-refractivity contribution >= 4 is 17.8 Å². The number of amides is 4. The number of rotatable bonds is 8. The molecule has 4 heterocycles. The maximum atomic E-state index is 12.9. The third-order valence-corrected chi connectivity index (χ3v) is 7.48. The van der Waals surface area contributed by atoms with Crippen LogP contribution in [0.3, 0.4) is 0 Å². The molecular formula is C27H30N4O8. The molecule has 4 amide bonds. The summed E-state index contributed by atoms with van der Waals surface area (Å²) >= 11 is 0. The Labute approximate surface area is 225 Å². The summed E-state index contributed by atoms with van der Waals surface area (Å²) in [6.45, 7) is 2.20. The lowest BCUT2D eigenvalue weighted by molar-refractivity contribution is -0.128. The second-order valence-corrected chi connectivity index (χ2v) is 9.95. The molecule has 1 unspecified atom stereocenters. The van der Waals surface area contributed by atoms with Crippen molar-refractivity contribution in [2.45, 2.75) is 44.9 Å². The lowest BCUT2D eigenvalue weighted by atomic mass is 9.92. The van der Waals surface area contributed by atoms with Crippen molar-refractivity contribution in [2.75, 3.05) is 34.3 Å². The minimum Gasteiger partial charge on any atom is -0.492 e. The predicted molar refractivity (Wildman–Crippen MR) is 136 cm³/mol. The van der Waals surface area contributed by atoms with Gasteiger partial charge >= 0.3 is 6.03 Å². The summed E-state index contributed by atoms with van der Waals surface area (Å²) in [6.07, 6.45) is 1.07. The average molecular weight is 539 g/mol. The van der Waals surface area contributed by atoms with Gasteiger partial charge < -0.3 is 39.2 Å². The highest BCUT2D eigenvalue weighted by Crippen LogP contribution is 2.49. The van der Waals surface area contributed by atoms with Gasteiger partial charge in [-0.05, 0) is 43.1 Å². The lowest BCUT2D eigenvalue weighted by Crippen LogP contribution is -2.33. The molecule has 12 nitrogen and oxygen atoms in total. The Balaban J connectivity index is 1.07. The van der Waals surface area contributed by atoms with Crippen molar-refractivity contribution in [1.29, 1.82) is 0 Å². The molecule has 0 aromatic heterocycles. The van der Waals surface area contributed by atoms with Crippen LogP contribution < -0.4 is 34.3 Å². The van der Waals surface area contributed by atoms with E-state index in [2.05, 4.69) is 15.5 Å². The fourth-order valence-corrected chi connectivity index (χ4v) is 5.48. The zero-order valence-corrected chi connectivity index (χ0v) is 21.8. The van der Waals surface area contributed by atoms with E-state index in [-0.39, 0.29) is 51.3 Å². The highest BCUT2D eigenvalue weighted by atomic mass is 16.7. The van der Waals surface area contributed by atoms with E-state index in [0.29, 0.717) is 35.3 Å². The molecule has 0 bridgehead atoms. The Morgan fingerprint density at radius 1 is 1.10 bits per heavy atom. The van der Waals surface area contributed by atoms with Gasteiger partial charge in [-0.25, -0.2) is 4.79 Å². The van der Waals surface area contributed by atoms with Crippen LogP contribution in [-0.4, -0.2) is 68.0 Å². The highest BCUT2D eigenvalue weighted by Gasteiger charge is 2.38. The van der Waals surface area contributed by atoms with Crippen LogP contribution in [0.1, 0.15) is 35.1 Å². The van der Waals surface area contributed by atoms with Crippen molar-refractivity contribution in [3.05, 3.63) is 40.5 Å². The second kappa shape index (κ2) is 10.2. The molecule has 2 N–H and O–H groups in total. The normalized spacial score (nSPS) is 19.2. The van der Waals surface area contributed by atoms with Gasteiger partial charge in [0.05, 0.1) is 13.7 Å². The Morgan fingerprint density at radius 2 is 1.90 bits per heavy atom. The number of hydrogen-bond acceptors (Lipinski definition) is 9. The molecule has 4 aliphatic heterocycles. The molecule has 12 heteroatoms. The quantitative estimate of drug-likeness (QED) is 0.482. The first-order valence-corrected chi connectivity index (χ1v) is 12.9. The Hall–Kier alpha value is -4.19. The van der Waals surface area contributed by atoms with Crippen LogP contribution in [0.4, 0.5) is 4.79 Å². The summed E-state index contributed by atoms with van der Waals surface area (Å²) in [5.74, 6) is 2.48. The van der Waals surface area contributed by atoms with E-state index in [1.54, 1.807) is 25.3 Å². The maximum Gasteiger partial charge on any atom is 0.325 e. The summed E-state index contributed by atoms with van der Waals surface area (Å²) in [5.41, 5.74) is 3.78. The first-order chi connectivity index (χ1) is 18.9. The highest BCUT2D eigenvalue weighted by molar-refractivity contribution is 6.04. The van der Waals surface area contributed by atoms with Gasteiger partial charge in [-0.2, -0.15) is 0 Å². The first-order valence-electron chi connectivity index (χ1n) is 12.9. The SMILES string of the molecule is COc1c2c(c(CNC(=O)CCC3NC(=O)N(Cc4ccc5c(c4)OCO5)C3=O)c3c1OCO3)CCN(C)C2. The van der Waals surface area contributed by atoms with Gasteiger partial charge in [-0.3, -0.25) is 14.5 Å². The number of nitrogens with zero attached hydrogens (tertiary/aromatic N) is 2. The van der Waals surface area contributed by atoms with Gasteiger partial charge in [-0.1, -0.05) is 6.07 Å². The molecule has 0 spiro atoms. The molecule has 4 aliphatic rings. The van der Waals surface area contributed by atoms with Crippen LogP contribution >= 0.6 is 0 Å². The number of carbonyl (C=O) groups is 3. The minimum absolute atomic E-state index is 0.0786. The number of fused-ring (bicyclic) bond motifs is 3. The molecule has 206 valence electrons. The van der Waals surface area contributed by atoms with E-state index < -0.39 is 12.1 Å². The van der Waals surface area contributed by atoms with E-state index in [4.69, 9.17) is 23.7 Å². The number of imide groups is 1. The molecular weight excluding hydrogens is 508 g/mol. The molecule has 0 radical (unpaired) electrons. The van der Waals surface area contributed by atoms with E-state index >= 15 is 0 Å². The third kappa shape index (κ3) is 4.65. The average Bonchev–Trinajstić information content (AvgIpc) is 3.66. The standard InChI is InChI=1S/C27H30N4O8/c1-30-8-7-16-17(24-25(39-14-38-24)23(35-2)18(16)12-30)10-28-22(32)6-4-19-26(33)31(27(34)29-19)11-15-3-5-20-21(9-15)37-13-36-20/h3,5,9,19H,4,6-8,10-14H2,1-2H3,(H,28,32)(H,29,34). The number of methoxy groups -OCH3 is 1. The number of hydrogen-bond donors (Lipinski definition) is 2. The molecule has 1 atom stereocenters. The van der Waals surface area contributed by atoms with E-state index in [1.165, 1.54) is 0 Å². The number of carbonyl (C=O) groups excluding carboxylic acids is 3. The van der Waals surface area contributed by atoms with Crippen LogP contribution in [0.15, 0.2) is 18.2 Å². The van der Waals surface area contributed by atoms with Crippen LogP contribution in [0.2, 0.25) is 0 Å². The summed E-state index contributed by atoms with van der Waals surface area (Å²) < 4.78 is 27.8. The smallest absolute Gasteiger partial charge is 0.325 e. The molecule has 6 rings (SSSR count). The second-order valence-electron chi connectivity index (χ2n) is 9.95. The van der Waals surface area contributed by atoms with E-state index in [1.807, 2.05) is 7.05 Å². The van der Waals surface area contributed by atoms with Crippen molar-refractivity contribution in [3.8, 4) is 28.7 Å². The van der Waals surface area contributed by atoms with E-state index in [0.717, 1.165) is 40.1 Å². The summed E-state index contributed by atoms with van der Waals surface area (Å²) in [7, 11) is 3.67. The predicted octanol–water partition coefficient (Wildman–Crippen LogP) is 1.66. The molecule has 1 saturated heterocycles. The Bertz CT molecular complexity index is 1350. The van der Waals surface area contributed by atoms with Gasteiger partial charge in [0, 0.05) is 37.2 Å². The molecule has 0 saturated carbocycles. The number of likely N-dealkylation sites (N-methyl/N-ethyl adjacent to an activating group) is 1. The zero-order valence-electron chi connectivity index (χ0n) is 21.8. The summed E-state index contributed by atoms with van der Waals surface area (Å²) in [5, 5.41) is 5.65. The first kappa shape index (κ1) is 25.1. The largest absolute Gasteiger partial charge is 0.492 e. The van der Waals surface area contributed by atoms with Crippen molar-refractivity contribution < 1.29 is 38.1 Å². The van der Waals surface area contributed by atoms with Gasteiger partial charge in [-0.15, -0.1) is 0 Å². The number of urea groups is 1. The molecule has 1 fully saturated rings. The number of ether oxygens (including phenoxy) is 5. The van der Waals surface area contributed by atoms with Crippen LogP contribution in [0, 0.1) is 0 Å². The van der Waals surface area contributed by atoms with Crippen LogP contribution in [-0.2, 0) is 35.6 Å². The Kier molecular flexibility index (Phi) is 6.55. The van der Waals surface area contributed by atoms with Crippen LogP contribution in [0.25, 0.3) is 0 Å². The summed E-state index contributed by atoms with van der Waals surface area (Å²) in [4.78, 5) is 41.6. The molecule has 2 aromatic carbocycles. The number of benzene rings is 2. The maximum absolute atomic E-state index is 12.9. The van der Waals surface area contributed by atoms with Crippen molar-refractivity contribution in [3.63, 3.8) is 0 Å². The summed E-state index contributed by atoms with van der Waals surface area (Å²) in [6, 6.07) is 4.05. The van der Waals surface area contributed by atoms with E-state index in [9.17, 15) is 14.4 Å². The lowest BCUT2D eigenvalue weighted by Gasteiger charge is -2.29. The fourth-order valence-electron chi connectivity index (χ4n) is 5.48. The van der Waals surface area contributed by atoms with Crippen LogP contribution in [0.5, 0.6) is 28.7 Å². The van der Waals surface area contributed by atoms with Gasteiger partial charge in [0.15, 0.2) is 23.0 Å². The van der Waals surface area contributed by atoms with Gasteiger partial charge in [0.2, 0.25) is 25.2 Å². The van der Waals surface area contributed by atoms with Crippen molar-refractivity contribution in [2.24, 2.45) is 0 Å². The monoisotopic (exact) mass is 538 g/mol. The molecule has 2 aromatic rings. The third-order valence-electron chi connectivity index (χ3n) is 7.48. The Morgan fingerprint density at radius 3 is 2.74 bits per heavy atom. The fraction of sp³-hybridized carbons (Fsp3) is 0.444. The number of nitrogens with one attached hydrogen (secondary N) is 2.